The lowest BCUT2D eigenvalue weighted by Crippen LogP contribution is -2.50. The molecule has 0 saturated carbocycles. The molecule has 2 aromatic rings. The van der Waals surface area contributed by atoms with E-state index in [1.54, 1.807) is 4.90 Å². The van der Waals surface area contributed by atoms with Crippen LogP contribution in [0.2, 0.25) is 0 Å². The smallest absolute Gasteiger partial charge is 0.231 e. The zero-order valence-electron chi connectivity index (χ0n) is 17.5. The van der Waals surface area contributed by atoms with E-state index in [0.717, 1.165) is 44.0 Å². The highest BCUT2D eigenvalue weighted by atomic mass is 16.7. The third kappa shape index (κ3) is 4.37. The monoisotopic (exact) mass is 421 g/mol. The van der Waals surface area contributed by atoms with Crippen molar-refractivity contribution < 1.29 is 19.1 Å². The largest absolute Gasteiger partial charge is 0.454 e. The van der Waals surface area contributed by atoms with Gasteiger partial charge in [-0.15, -0.1) is 0 Å². The van der Waals surface area contributed by atoms with Gasteiger partial charge in [0.2, 0.25) is 18.6 Å². The second-order valence-corrected chi connectivity index (χ2v) is 8.45. The number of fused-ring (bicyclic) bond motifs is 1. The molecule has 7 nitrogen and oxygen atoms in total. The van der Waals surface area contributed by atoms with Crippen LogP contribution in [0, 0.1) is 5.92 Å². The number of ether oxygens (including phenoxy) is 2. The molecule has 162 valence electrons. The average Bonchev–Trinajstić information content (AvgIpc) is 3.41. The Kier molecular flexibility index (Phi) is 5.51. The van der Waals surface area contributed by atoms with Gasteiger partial charge in [-0.05, 0) is 23.3 Å². The van der Waals surface area contributed by atoms with Crippen molar-refractivity contribution in [2.24, 2.45) is 5.92 Å². The van der Waals surface area contributed by atoms with Gasteiger partial charge in [-0.1, -0.05) is 36.4 Å². The summed E-state index contributed by atoms with van der Waals surface area (Å²) in [4.78, 5) is 31.7. The predicted molar refractivity (Wildman–Crippen MR) is 114 cm³/mol. The van der Waals surface area contributed by atoms with Gasteiger partial charge in [-0.2, -0.15) is 0 Å². The van der Waals surface area contributed by atoms with Crippen LogP contribution >= 0.6 is 0 Å². The quantitative estimate of drug-likeness (QED) is 0.740. The van der Waals surface area contributed by atoms with Crippen molar-refractivity contribution in [2.45, 2.75) is 19.5 Å². The van der Waals surface area contributed by atoms with Crippen molar-refractivity contribution in [3.63, 3.8) is 0 Å². The molecular formula is C24H27N3O4. The van der Waals surface area contributed by atoms with Crippen molar-refractivity contribution >= 4 is 11.8 Å². The minimum atomic E-state index is -0.248. The second-order valence-electron chi connectivity index (χ2n) is 8.45. The summed E-state index contributed by atoms with van der Waals surface area (Å²) in [6.45, 7) is 5.28. The third-order valence-electron chi connectivity index (χ3n) is 6.31. The number of carbonyl (C=O) groups is 2. The van der Waals surface area contributed by atoms with E-state index in [0.29, 0.717) is 25.3 Å². The van der Waals surface area contributed by atoms with Crippen molar-refractivity contribution in [2.75, 3.05) is 39.5 Å². The molecule has 2 aromatic carbocycles. The number of nitrogens with zero attached hydrogens (tertiary/aromatic N) is 3. The number of hydrogen-bond donors (Lipinski definition) is 0. The summed E-state index contributed by atoms with van der Waals surface area (Å²) in [5, 5.41) is 0. The van der Waals surface area contributed by atoms with Crippen molar-refractivity contribution in [1.82, 2.24) is 14.7 Å². The summed E-state index contributed by atoms with van der Waals surface area (Å²) in [6.07, 6.45) is 0.299. The van der Waals surface area contributed by atoms with E-state index in [9.17, 15) is 9.59 Å². The predicted octanol–water partition coefficient (Wildman–Crippen LogP) is 2.11. The number of carbonyl (C=O) groups excluding carboxylic acids is 2. The van der Waals surface area contributed by atoms with Crippen LogP contribution in [-0.2, 0) is 22.7 Å². The molecule has 0 N–H and O–H groups in total. The zero-order chi connectivity index (χ0) is 21.2. The van der Waals surface area contributed by atoms with Crippen LogP contribution in [0.4, 0.5) is 0 Å². The molecular weight excluding hydrogens is 394 g/mol. The molecule has 5 rings (SSSR count). The van der Waals surface area contributed by atoms with Gasteiger partial charge in [0.15, 0.2) is 11.5 Å². The number of piperazine rings is 1. The molecule has 3 heterocycles. The summed E-state index contributed by atoms with van der Waals surface area (Å²) in [5.74, 6) is 1.35. The van der Waals surface area contributed by atoms with Crippen molar-refractivity contribution in [3.8, 4) is 11.5 Å². The fraction of sp³-hybridized carbons (Fsp3) is 0.417. The molecule has 0 spiro atoms. The SMILES string of the molecule is O=C1CC(C(=O)N2CCN(Cc3ccccc3)CC2)CN1Cc1ccc2c(c1)OCO2. The fourth-order valence-corrected chi connectivity index (χ4v) is 4.58. The maximum absolute atomic E-state index is 13.1. The van der Waals surface area contributed by atoms with E-state index < -0.39 is 0 Å². The van der Waals surface area contributed by atoms with E-state index in [1.807, 2.05) is 29.2 Å². The molecule has 1 unspecified atom stereocenters. The summed E-state index contributed by atoms with van der Waals surface area (Å²) < 4.78 is 10.8. The van der Waals surface area contributed by atoms with Crippen LogP contribution in [0.5, 0.6) is 11.5 Å². The Morgan fingerprint density at radius 3 is 2.48 bits per heavy atom. The van der Waals surface area contributed by atoms with Gasteiger partial charge in [-0.25, -0.2) is 0 Å². The molecule has 2 amide bonds. The Morgan fingerprint density at radius 1 is 0.903 bits per heavy atom. The topological polar surface area (TPSA) is 62.3 Å². The number of amides is 2. The summed E-state index contributed by atoms with van der Waals surface area (Å²) in [5.41, 5.74) is 2.28. The third-order valence-corrected chi connectivity index (χ3v) is 6.31. The first-order chi connectivity index (χ1) is 15.2. The van der Waals surface area contributed by atoms with Gasteiger partial charge >= 0.3 is 0 Å². The first kappa shape index (κ1) is 19.9. The highest BCUT2D eigenvalue weighted by molar-refractivity contribution is 5.89. The van der Waals surface area contributed by atoms with E-state index in [1.165, 1.54) is 5.56 Å². The second kappa shape index (κ2) is 8.59. The normalized spacial score (nSPS) is 21.0. The lowest BCUT2D eigenvalue weighted by Gasteiger charge is -2.36. The number of hydrogen-bond acceptors (Lipinski definition) is 5. The van der Waals surface area contributed by atoms with Gasteiger partial charge in [0.25, 0.3) is 0 Å². The number of likely N-dealkylation sites (tertiary alicyclic amines) is 1. The molecule has 31 heavy (non-hydrogen) atoms. The van der Waals surface area contributed by atoms with Crippen LogP contribution in [0.15, 0.2) is 48.5 Å². The Hall–Kier alpha value is -3.06. The molecule has 1 atom stereocenters. The van der Waals surface area contributed by atoms with Gasteiger partial charge < -0.3 is 19.3 Å². The number of benzene rings is 2. The maximum atomic E-state index is 13.1. The molecule has 0 radical (unpaired) electrons. The molecule has 3 aliphatic heterocycles. The first-order valence-corrected chi connectivity index (χ1v) is 10.9. The van der Waals surface area contributed by atoms with Crippen LogP contribution < -0.4 is 9.47 Å². The average molecular weight is 421 g/mol. The summed E-state index contributed by atoms with van der Waals surface area (Å²) >= 11 is 0. The van der Waals surface area contributed by atoms with Gasteiger partial charge in [-0.3, -0.25) is 14.5 Å². The van der Waals surface area contributed by atoms with E-state index in [4.69, 9.17) is 9.47 Å². The van der Waals surface area contributed by atoms with E-state index >= 15 is 0 Å². The zero-order valence-corrected chi connectivity index (χ0v) is 17.5. The molecule has 2 saturated heterocycles. The fourth-order valence-electron chi connectivity index (χ4n) is 4.58. The molecule has 0 aromatic heterocycles. The number of rotatable bonds is 5. The van der Waals surface area contributed by atoms with Gasteiger partial charge in [0, 0.05) is 52.2 Å². The standard InChI is InChI=1S/C24H27N3O4/c28-23-13-20(16-27(23)15-19-6-7-21-22(12-19)31-17-30-21)24(29)26-10-8-25(9-11-26)14-18-4-2-1-3-5-18/h1-7,12,20H,8-11,13-17H2. The van der Waals surface area contributed by atoms with Crippen molar-refractivity contribution in [1.29, 1.82) is 0 Å². The highest BCUT2D eigenvalue weighted by Crippen LogP contribution is 2.33. The molecule has 0 aliphatic carbocycles. The minimum Gasteiger partial charge on any atom is -0.454 e. The van der Waals surface area contributed by atoms with Crippen LogP contribution in [0.25, 0.3) is 0 Å². The van der Waals surface area contributed by atoms with Crippen LogP contribution in [0.3, 0.4) is 0 Å². The Labute approximate surface area is 182 Å². The lowest BCUT2D eigenvalue weighted by molar-refractivity contribution is -0.137. The maximum Gasteiger partial charge on any atom is 0.231 e. The lowest BCUT2D eigenvalue weighted by atomic mass is 10.1. The molecule has 3 aliphatic rings. The molecule has 7 heteroatoms. The Balaban J connectivity index is 1.13. The summed E-state index contributed by atoms with van der Waals surface area (Å²) in [6, 6.07) is 16.1. The van der Waals surface area contributed by atoms with Crippen LogP contribution in [-0.4, -0.2) is 66.0 Å². The Morgan fingerprint density at radius 2 is 1.68 bits per heavy atom. The van der Waals surface area contributed by atoms with E-state index in [2.05, 4.69) is 29.2 Å². The minimum absolute atomic E-state index is 0.0405. The van der Waals surface area contributed by atoms with Gasteiger partial charge in [0.05, 0.1) is 5.92 Å². The summed E-state index contributed by atoms with van der Waals surface area (Å²) in [7, 11) is 0. The highest BCUT2D eigenvalue weighted by Gasteiger charge is 2.37. The molecule has 0 bridgehead atoms. The Bertz CT molecular complexity index is 957. The first-order valence-electron chi connectivity index (χ1n) is 10.9. The van der Waals surface area contributed by atoms with Crippen LogP contribution in [0.1, 0.15) is 17.5 Å². The molecule has 2 fully saturated rings. The van der Waals surface area contributed by atoms with E-state index in [-0.39, 0.29) is 24.5 Å². The van der Waals surface area contributed by atoms with Gasteiger partial charge in [0.1, 0.15) is 0 Å². The van der Waals surface area contributed by atoms with Crippen molar-refractivity contribution in [3.05, 3.63) is 59.7 Å².